The molecule has 0 saturated heterocycles. The maximum atomic E-state index is 9.19. The number of aliphatic hydroxyl groups excluding tert-OH is 1. The molecule has 94 valence electrons. The molecule has 0 saturated carbocycles. The molecule has 0 aliphatic heterocycles. The third-order valence-corrected chi connectivity index (χ3v) is 3.64. The number of nitrogens with one attached hydrogen (secondary N) is 1. The van der Waals surface area contributed by atoms with E-state index in [0.717, 1.165) is 23.7 Å². The summed E-state index contributed by atoms with van der Waals surface area (Å²) in [5, 5.41) is 14.6. The smallest absolute Gasteiger partial charge is 0.194 e. The van der Waals surface area contributed by atoms with E-state index < -0.39 is 0 Å². The van der Waals surface area contributed by atoms with Gasteiger partial charge in [0.25, 0.3) is 0 Å². The highest BCUT2D eigenvalue weighted by Crippen LogP contribution is 2.17. The molecule has 0 aromatic carbocycles. The predicted octanol–water partition coefficient (Wildman–Crippen LogP) is 1.81. The predicted molar refractivity (Wildman–Crippen MR) is 70.4 cm³/mol. The molecule has 2 aromatic rings. The van der Waals surface area contributed by atoms with Crippen molar-refractivity contribution in [1.29, 1.82) is 0 Å². The molecule has 0 aliphatic carbocycles. The largest absolute Gasteiger partial charge is 0.396 e. The van der Waals surface area contributed by atoms with Gasteiger partial charge in [-0.25, -0.2) is 4.98 Å². The average molecular weight is 253 g/mol. The summed E-state index contributed by atoms with van der Waals surface area (Å²) in [6.45, 7) is 7.90. The molecule has 4 nitrogen and oxygen atoms in total. The van der Waals surface area contributed by atoms with E-state index in [2.05, 4.69) is 14.7 Å². The van der Waals surface area contributed by atoms with E-state index in [-0.39, 0.29) is 12.0 Å². The van der Waals surface area contributed by atoms with Gasteiger partial charge in [0.1, 0.15) is 0 Å². The Hall–Kier alpha value is -0.910. The summed E-state index contributed by atoms with van der Waals surface area (Å²) in [5.41, 5.74) is 2.20. The van der Waals surface area contributed by atoms with E-state index in [9.17, 15) is 5.11 Å². The van der Waals surface area contributed by atoms with Crippen molar-refractivity contribution in [3.8, 4) is 0 Å². The van der Waals surface area contributed by atoms with Crippen molar-refractivity contribution in [2.45, 2.75) is 27.3 Å². The number of aromatic nitrogens is 2. The van der Waals surface area contributed by atoms with Gasteiger partial charge in [-0.05, 0) is 6.92 Å². The van der Waals surface area contributed by atoms with Gasteiger partial charge in [-0.3, -0.25) is 4.40 Å². The third-order valence-electron chi connectivity index (χ3n) is 2.89. The Kier molecular flexibility index (Phi) is 3.51. The Morgan fingerprint density at radius 2 is 2.29 bits per heavy atom. The molecule has 0 unspecified atom stereocenters. The third kappa shape index (κ3) is 2.68. The Balaban J connectivity index is 2.04. The standard InChI is InChI=1S/C12H19N3OS/c1-9-10(6-13-7-12(2,3)8-16)15-4-5-17-11(15)14-9/h4-5,13,16H,6-8H2,1-3H3. The molecule has 0 spiro atoms. The first-order valence-electron chi connectivity index (χ1n) is 5.76. The molecular formula is C12H19N3OS. The molecule has 0 fully saturated rings. The van der Waals surface area contributed by atoms with E-state index >= 15 is 0 Å². The van der Waals surface area contributed by atoms with Gasteiger partial charge >= 0.3 is 0 Å². The van der Waals surface area contributed by atoms with Gasteiger partial charge in [0, 0.05) is 36.7 Å². The zero-order valence-corrected chi connectivity index (χ0v) is 11.3. The highest BCUT2D eigenvalue weighted by atomic mass is 32.1. The number of imidazole rings is 1. The number of hydrogen-bond acceptors (Lipinski definition) is 4. The average Bonchev–Trinajstić information content (AvgIpc) is 2.81. The van der Waals surface area contributed by atoms with Crippen molar-refractivity contribution in [1.82, 2.24) is 14.7 Å². The van der Waals surface area contributed by atoms with E-state index in [4.69, 9.17) is 0 Å². The summed E-state index contributed by atoms with van der Waals surface area (Å²) in [4.78, 5) is 5.54. The second kappa shape index (κ2) is 4.76. The first-order valence-corrected chi connectivity index (χ1v) is 6.64. The molecule has 0 aliphatic rings. The summed E-state index contributed by atoms with van der Waals surface area (Å²) in [6, 6.07) is 0. The van der Waals surface area contributed by atoms with Crippen molar-refractivity contribution in [2.75, 3.05) is 13.2 Å². The fourth-order valence-corrected chi connectivity index (χ4v) is 2.51. The molecule has 0 bridgehead atoms. The van der Waals surface area contributed by atoms with Crippen LogP contribution in [0.4, 0.5) is 0 Å². The molecule has 0 amide bonds. The van der Waals surface area contributed by atoms with E-state index in [1.165, 1.54) is 5.69 Å². The summed E-state index contributed by atoms with van der Waals surface area (Å²) < 4.78 is 2.12. The zero-order valence-electron chi connectivity index (χ0n) is 10.5. The van der Waals surface area contributed by atoms with E-state index in [1.807, 2.05) is 32.3 Å². The van der Waals surface area contributed by atoms with Crippen molar-refractivity contribution >= 4 is 16.3 Å². The number of hydrogen-bond donors (Lipinski definition) is 2. The van der Waals surface area contributed by atoms with Crippen LogP contribution in [-0.2, 0) is 6.54 Å². The van der Waals surface area contributed by atoms with Crippen molar-refractivity contribution in [2.24, 2.45) is 5.41 Å². The molecule has 0 atom stereocenters. The molecule has 5 heteroatoms. The van der Waals surface area contributed by atoms with Crippen LogP contribution in [0.15, 0.2) is 11.6 Å². The van der Waals surface area contributed by atoms with Gasteiger partial charge < -0.3 is 10.4 Å². The van der Waals surface area contributed by atoms with E-state index in [0.29, 0.717) is 0 Å². The maximum Gasteiger partial charge on any atom is 0.194 e. The molecule has 17 heavy (non-hydrogen) atoms. The first kappa shape index (κ1) is 12.5. The first-order chi connectivity index (χ1) is 8.03. The van der Waals surface area contributed by atoms with Gasteiger partial charge in [0.15, 0.2) is 4.96 Å². The monoisotopic (exact) mass is 253 g/mol. The van der Waals surface area contributed by atoms with Crippen molar-refractivity contribution < 1.29 is 5.11 Å². The number of thiazole rings is 1. The van der Waals surface area contributed by atoms with Crippen LogP contribution in [0.25, 0.3) is 4.96 Å². The van der Waals surface area contributed by atoms with Gasteiger partial charge in [0.05, 0.1) is 11.4 Å². The number of fused-ring (bicyclic) bond motifs is 1. The van der Waals surface area contributed by atoms with Gasteiger partial charge in [-0.1, -0.05) is 13.8 Å². The minimum atomic E-state index is -0.0770. The number of aryl methyl sites for hydroxylation is 1. The molecular weight excluding hydrogens is 234 g/mol. The van der Waals surface area contributed by atoms with Crippen LogP contribution in [0, 0.1) is 12.3 Å². The van der Waals surface area contributed by atoms with Gasteiger partial charge in [0.2, 0.25) is 0 Å². The van der Waals surface area contributed by atoms with Crippen LogP contribution in [0.1, 0.15) is 25.2 Å². The van der Waals surface area contributed by atoms with Crippen LogP contribution in [0.2, 0.25) is 0 Å². The van der Waals surface area contributed by atoms with Crippen molar-refractivity contribution in [3.63, 3.8) is 0 Å². The highest BCUT2D eigenvalue weighted by Gasteiger charge is 2.16. The lowest BCUT2D eigenvalue weighted by atomic mass is 9.95. The summed E-state index contributed by atoms with van der Waals surface area (Å²) in [7, 11) is 0. The lowest BCUT2D eigenvalue weighted by Crippen LogP contribution is -2.32. The highest BCUT2D eigenvalue weighted by molar-refractivity contribution is 7.15. The van der Waals surface area contributed by atoms with Crippen LogP contribution in [0.3, 0.4) is 0 Å². The Morgan fingerprint density at radius 3 is 3.00 bits per heavy atom. The number of rotatable bonds is 5. The Morgan fingerprint density at radius 1 is 1.53 bits per heavy atom. The van der Waals surface area contributed by atoms with E-state index in [1.54, 1.807) is 11.3 Å². The quantitative estimate of drug-likeness (QED) is 0.854. The lowest BCUT2D eigenvalue weighted by Gasteiger charge is -2.21. The number of nitrogens with zero attached hydrogens (tertiary/aromatic N) is 2. The van der Waals surface area contributed by atoms with Crippen LogP contribution in [-0.4, -0.2) is 27.6 Å². The summed E-state index contributed by atoms with van der Waals surface area (Å²) in [6.07, 6.45) is 2.05. The SMILES string of the molecule is Cc1nc2sccn2c1CNCC(C)(C)CO. The zero-order chi connectivity index (χ0) is 12.5. The minimum absolute atomic E-state index is 0.0770. The molecule has 2 rings (SSSR count). The summed E-state index contributed by atoms with van der Waals surface area (Å²) >= 11 is 1.65. The fraction of sp³-hybridized carbons (Fsp3) is 0.583. The van der Waals surface area contributed by atoms with Crippen molar-refractivity contribution in [3.05, 3.63) is 23.0 Å². The second-order valence-corrected chi connectivity index (χ2v) is 6.00. The normalized spacial score (nSPS) is 12.5. The number of aliphatic hydroxyl groups is 1. The lowest BCUT2D eigenvalue weighted by molar-refractivity contribution is 0.156. The van der Waals surface area contributed by atoms with Crippen LogP contribution in [0.5, 0.6) is 0 Å². The molecule has 2 heterocycles. The minimum Gasteiger partial charge on any atom is -0.396 e. The van der Waals surface area contributed by atoms with Gasteiger partial charge in [-0.15, -0.1) is 11.3 Å². The second-order valence-electron chi connectivity index (χ2n) is 5.13. The Bertz CT molecular complexity index is 501. The fourth-order valence-electron chi connectivity index (χ4n) is 1.73. The molecule has 2 N–H and O–H groups in total. The maximum absolute atomic E-state index is 9.19. The molecule has 0 radical (unpaired) electrons. The van der Waals surface area contributed by atoms with Crippen LogP contribution < -0.4 is 5.32 Å². The molecule has 2 aromatic heterocycles. The topological polar surface area (TPSA) is 49.6 Å². The Labute approximate surface area is 105 Å². The van der Waals surface area contributed by atoms with Gasteiger partial charge in [-0.2, -0.15) is 0 Å². The van der Waals surface area contributed by atoms with Crippen LogP contribution >= 0.6 is 11.3 Å². The summed E-state index contributed by atoms with van der Waals surface area (Å²) in [5.74, 6) is 0.